The topological polar surface area (TPSA) is 105 Å². The van der Waals surface area contributed by atoms with Crippen LogP contribution in [0.2, 0.25) is 0 Å². The van der Waals surface area contributed by atoms with Crippen molar-refractivity contribution < 1.29 is 17.6 Å². The van der Waals surface area contributed by atoms with Crippen molar-refractivity contribution >= 4 is 15.9 Å². The highest BCUT2D eigenvalue weighted by atomic mass is 32.2. The molecule has 0 radical (unpaired) electrons. The highest BCUT2D eigenvalue weighted by molar-refractivity contribution is 7.89. The lowest BCUT2D eigenvalue weighted by Crippen LogP contribution is -2.27. The summed E-state index contributed by atoms with van der Waals surface area (Å²) in [4.78, 5) is 12.0. The standard InChI is InChI=1S/C16H20N4O4S/c1-2-9-17-14(21)16-19-18-15(24-16)12-5-7-13(8-6-12)25(22,23)20-10-3-4-11-20/h5-8H,2-4,9-11H2,1H3,(H,17,21). The fourth-order valence-corrected chi connectivity index (χ4v) is 4.11. The van der Waals surface area contributed by atoms with Crippen LogP contribution in [0.3, 0.4) is 0 Å². The van der Waals surface area contributed by atoms with E-state index in [1.54, 1.807) is 12.1 Å². The van der Waals surface area contributed by atoms with Crippen LogP contribution < -0.4 is 5.32 Å². The molecule has 1 aliphatic heterocycles. The summed E-state index contributed by atoms with van der Waals surface area (Å²) in [7, 11) is -3.45. The van der Waals surface area contributed by atoms with Crippen molar-refractivity contribution in [3.05, 3.63) is 30.2 Å². The lowest BCUT2D eigenvalue weighted by atomic mass is 10.2. The molecule has 0 spiro atoms. The number of rotatable bonds is 6. The molecule has 1 aromatic heterocycles. The first-order valence-corrected chi connectivity index (χ1v) is 9.68. The van der Waals surface area contributed by atoms with Gasteiger partial charge in [0, 0.05) is 25.2 Å². The molecule has 0 aliphatic carbocycles. The van der Waals surface area contributed by atoms with Crippen molar-refractivity contribution in [1.29, 1.82) is 0 Å². The molecule has 8 nitrogen and oxygen atoms in total. The number of hydrogen-bond acceptors (Lipinski definition) is 6. The zero-order valence-electron chi connectivity index (χ0n) is 13.9. The van der Waals surface area contributed by atoms with Crippen molar-refractivity contribution in [2.75, 3.05) is 19.6 Å². The molecule has 2 aromatic rings. The van der Waals surface area contributed by atoms with Gasteiger partial charge >= 0.3 is 11.8 Å². The first-order valence-electron chi connectivity index (χ1n) is 8.24. The van der Waals surface area contributed by atoms with Gasteiger partial charge in [0.15, 0.2) is 0 Å². The fraction of sp³-hybridized carbons (Fsp3) is 0.438. The molecule has 0 unspecified atom stereocenters. The van der Waals surface area contributed by atoms with E-state index in [0.717, 1.165) is 19.3 Å². The second-order valence-corrected chi connectivity index (χ2v) is 7.74. The highest BCUT2D eigenvalue weighted by Gasteiger charge is 2.27. The van der Waals surface area contributed by atoms with Crippen LogP contribution in [0.5, 0.6) is 0 Å². The Morgan fingerprint density at radius 2 is 1.88 bits per heavy atom. The summed E-state index contributed by atoms with van der Waals surface area (Å²) in [6.45, 7) is 3.59. The van der Waals surface area contributed by atoms with Gasteiger partial charge in [-0.15, -0.1) is 10.2 Å². The van der Waals surface area contributed by atoms with Gasteiger partial charge in [0.1, 0.15) is 0 Å². The zero-order chi connectivity index (χ0) is 17.9. The van der Waals surface area contributed by atoms with E-state index >= 15 is 0 Å². The van der Waals surface area contributed by atoms with E-state index in [-0.39, 0.29) is 16.7 Å². The van der Waals surface area contributed by atoms with E-state index < -0.39 is 15.9 Å². The lowest BCUT2D eigenvalue weighted by molar-refractivity contribution is 0.0919. The van der Waals surface area contributed by atoms with Crippen molar-refractivity contribution in [2.45, 2.75) is 31.1 Å². The monoisotopic (exact) mass is 364 g/mol. The SMILES string of the molecule is CCCNC(=O)c1nnc(-c2ccc(S(=O)(=O)N3CCCC3)cc2)o1. The second kappa shape index (κ2) is 7.32. The maximum Gasteiger partial charge on any atom is 0.308 e. The molecule has 0 bridgehead atoms. The minimum Gasteiger partial charge on any atom is -0.412 e. The first-order chi connectivity index (χ1) is 12.0. The second-order valence-electron chi connectivity index (χ2n) is 5.80. The molecule has 3 rings (SSSR count). The number of benzene rings is 1. The molecule has 1 fully saturated rings. The van der Waals surface area contributed by atoms with Crippen molar-refractivity contribution in [2.24, 2.45) is 0 Å². The normalized spacial score (nSPS) is 15.4. The number of carbonyl (C=O) groups is 1. The molecule has 25 heavy (non-hydrogen) atoms. The third-order valence-electron chi connectivity index (χ3n) is 3.96. The number of aromatic nitrogens is 2. The van der Waals surface area contributed by atoms with Gasteiger partial charge in [-0.05, 0) is 43.5 Å². The van der Waals surface area contributed by atoms with E-state index in [9.17, 15) is 13.2 Å². The quantitative estimate of drug-likeness (QED) is 0.836. The molecule has 1 N–H and O–H groups in total. The minimum atomic E-state index is -3.45. The summed E-state index contributed by atoms with van der Waals surface area (Å²) in [6, 6.07) is 6.24. The lowest BCUT2D eigenvalue weighted by Gasteiger charge is -2.15. The predicted octanol–water partition coefficient (Wildman–Crippen LogP) is 1.66. The van der Waals surface area contributed by atoms with Crippen LogP contribution >= 0.6 is 0 Å². The molecule has 0 saturated carbocycles. The summed E-state index contributed by atoms with van der Waals surface area (Å²) in [6.07, 6.45) is 2.59. The summed E-state index contributed by atoms with van der Waals surface area (Å²) in [5.41, 5.74) is 0.558. The van der Waals surface area contributed by atoms with Gasteiger partial charge in [-0.2, -0.15) is 4.31 Å². The molecular formula is C16H20N4O4S. The summed E-state index contributed by atoms with van der Waals surface area (Å²) in [5, 5.41) is 10.2. The van der Waals surface area contributed by atoms with Gasteiger partial charge in [-0.1, -0.05) is 6.92 Å². The highest BCUT2D eigenvalue weighted by Crippen LogP contribution is 2.24. The van der Waals surface area contributed by atoms with Crippen LogP contribution in [-0.4, -0.2) is 48.5 Å². The zero-order valence-corrected chi connectivity index (χ0v) is 14.8. The average Bonchev–Trinajstić information content (AvgIpc) is 3.31. The predicted molar refractivity (Wildman–Crippen MR) is 90.4 cm³/mol. The van der Waals surface area contributed by atoms with Crippen molar-refractivity contribution in [1.82, 2.24) is 19.8 Å². The van der Waals surface area contributed by atoms with Crippen LogP contribution in [0.1, 0.15) is 36.9 Å². The molecular weight excluding hydrogens is 344 g/mol. The van der Waals surface area contributed by atoms with Crippen molar-refractivity contribution in [3.63, 3.8) is 0 Å². The number of nitrogens with one attached hydrogen (secondary N) is 1. The van der Waals surface area contributed by atoms with Gasteiger partial charge < -0.3 is 9.73 Å². The third kappa shape index (κ3) is 3.72. The molecule has 2 heterocycles. The largest absolute Gasteiger partial charge is 0.412 e. The van der Waals surface area contributed by atoms with E-state index in [1.807, 2.05) is 6.92 Å². The number of hydrogen-bond donors (Lipinski definition) is 1. The number of sulfonamides is 1. The summed E-state index contributed by atoms with van der Waals surface area (Å²) < 4.78 is 31.8. The maximum absolute atomic E-state index is 12.5. The van der Waals surface area contributed by atoms with Crippen LogP contribution in [0.4, 0.5) is 0 Å². The molecule has 0 atom stereocenters. The average molecular weight is 364 g/mol. The molecule has 1 aliphatic rings. The maximum atomic E-state index is 12.5. The first kappa shape index (κ1) is 17.6. The summed E-state index contributed by atoms with van der Waals surface area (Å²) in [5.74, 6) is -0.363. The van der Waals surface area contributed by atoms with E-state index in [4.69, 9.17) is 4.42 Å². The van der Waals surface area contributed by atoms with Crippen molar-refractivity contribution in [3.8, 4) is 11.5 Å². The van der Waals surface area contributed by atoms with Gasteiger partial charge in [-0.3, -0.25) is 4.79 Å². The van der Waals surface area contributed by atoms with Crippen LogP contribution in [0, 0.1) is 0 Å². The molecule has 1 amide bonds. The smallest absolute Gasteiger partial charge is 0.308 e. The Balaban J connectivity index is 1.77. The van der Waals surface area contributed by atoms with E-state index in [2.05, 4.69) is 15.5 Å². The van der Waals surface area contributed by atoms with Gasteiger partial charge in [0.2, 0.25) is 15.9 Å². The van der Waals surface area contributed by atoms with E-state index in [1.165, 1.54) is 16.4 Å². The fourth-order valence-electron chi connectivity index (χ4n) is 2.59. The van der Waals surface area contributed by atoms with Gasteiger partial charge in [0.05, 0.1) is 4.90 Å². The summed E-state index contributed by atoms with van der Waals surface area (Å²) >= 11 is 0. The van der Waals surface area contributed by atoms with Crippen LogP contribution in [-0.2, 0) is 10.0 Å². The molecule has 9 heteroatoms. The Labute approximate surface area is 146 Å². The minimum absolute atomic E-state index is 0.114. The molecule has 1 saturated heterocycles. The molecule has 1 aromatic carbocycles. The Kier molecular flexibility index (Phi) is 5.14. The Bertz CT molecular complexity index is 839. The molecule has 134 valence electrons. The van der Waals surface area contributed by atoms with E-state index in [0.29, 0.717) is 25.2 Å². The number of nitrogens with zero attached hydrogens (tertiary/aromatic N) is 3. The van der Waals surface area contributed by atoms with Crippen LogP contribution in [0.15, 0.2) is 33.6 Å². The Hall–Kier alpha value is -2.26. The van der Waals surface area contributed by atoms with Gasteiger partial charge in [-0.25, -0.2) is 8.42 Å². The Morgan fingerprint density at radius 1 is 1.20 bits per heavy atom. The van der Waals surface area contributed by atoms with Crippen LogP contribution in [0.25, 0.3) is 11.5 Å². The Morgan fingerprint density at radius 3 is 2.52 bits per heavy atom. The van der Waals surface area contributed by atoms with Gasteiger partial charge in [0.25, 0.3) is 0 Å². The number of carbonyl (C=O) groups excluding carboxylic acids is 1. The third-order valence-corrected chi connectivity index (χ3v) is 5.87. The number of amides is 1.